The molecule has 0 aromatic rings. The predicted molar refractivity (Wildman–Crippen MR) is 57.3 cm³/mol. The molecule has 0 spiro atoms. The van der Waals surface area contributed by atoms with Crippen LogP contribution < -0.4 is 16.0 Å². The molecule has 0 saturated carbocycles. The van der Waals surface area contributed by atoms with Gasteiger partial charge in [-0.25, -0.2) is 0 Å². The minimum absolute atomic E-state index is 0.0252. The molecule has 1 heterocycles. The molecule has 5 nitrogen and oxygen atoms in total. The van der Waals surface area contributed by atoms with Crippen molar-refractivity contribution in [2.45, 2.75) is 32.2 Å². The van der Waals surface area contributed by atoms with Gasteiger partial charge in [0.1, 0.15) is 6.04 Å². The molecule has 0 aromatic heterocycles. The molecule has 0 radical (unpaired) electrons. The minimum Gasteiger partial charge on any atom is -0.354 e. The van der Waals surface area contributed by atoms with Crippen LogP contribution >= 0.6 is 0 Å². The van der Waals surface area contributed by atoms with E-state index in [1.54, 1.807) is 0 Å². The maximum atomic E-state index is 11.5. The highest BCUT2D eigenvalue weighted by Gasteiger charge is 2.26. The predicted octanol–water partition coefficient (Wildman–Crippen LogP) is -0.619. The highest BCUT2D eigenvalue weighted by Crippen LogP contribution is 2.05. The van der Waals surface area contributed by atoms with Gasteiger partial charge in [-0.1, -0.05) is 6.92 Å². The average Bonchev–Trinajstić information content (AvgIpc) is 2.64. The van der Waals surface area contributed by atoms with Crippen LogP contribution in [-0.2, 0) is 9.59 Å². The molecule has 0 bridgehead atoms. The van der Waals surface area contributed by atoms with E-state index in [9.17, 15) is 9.59 Å². The van der Waals surface area contributed by atoms with Gasteiger partial charge in [-0.15, -0.1) is 0 Å². The van der Waals surface area contributed by atoms with Gasteiger partial charge >= 0.3 is 0 Å². The Morgan fingerprint density at radius 3 is 2.93 bits per heavy atom. The summed E-state index contributed by atoms with van der Waals surface area (Å²) in [5.41, 5.74) is 0. The Kier molecular flexibility index (Phi) is 5.10. The van der Waals surface area contributed by atoms with Crippen LogP contribution in [0.15, 0.2) is 0 Å². The van der Waals surface area contributed by atoms with Crippen LogP contribution in [0.3, 0.4) is 0 Å². The van der Waals surface area contributed by atoms with Crippen LogP contribution in [0, 0.1) is 0 Å². The quantitative estimate of drug-likeness (QED) is 0.515. The van der Waals surface area contributed by atoms with Crippen LogP contribution in [0.5, 0.6) is 0 Å². The highest BCUT2D eigenvalue weighted by molar-refractivity contribution is 5.90. The summed E-state index contributed by atoms with van der Waals surface area (Å²) in [7, 11) is 0. The van der Waals surface area contributed by atoms with Crippen LogP contribution in [0.4, 0.5) is 0 Å². The summed E-state index contributed by atoms with van der Waals surface area (Å²) in [6, 6.07) is -0.309. The SMILES string of the molecule is CCNCCCNC(=O)[C@@H]1CCC(=O)N1. The Labute approximate surface area is 90.0 Å². The van der Waals surface area contributed by atoms with E-state index in [1.165, 1.54) is 0 Å². The van der Waals surface area contributed by atoms with E-state index in [-0.39, 0.29) is 17.9 Å². The first-order valence-corrected chi connectivity index (χ1v) is 5.52. The summed E-state index contributed by atoms with van der Waals surface area (Å²) < 4.78 is 0. The summed E-state index contributed by atoms with van der Waals surface area (Å²) >= 11 is 0. The van der Waals surface area contributed by atoms with E-state index in [0.717, 1.165) is 19.5 Å². The van der Waals surface area contributed by atoms with Gasteiger partial charge in [0.05, 0.1) is 0 Å². The van der Waals surface area contributed by atoms with Crippen molar-refractivity contribution in [3.8, 4) is 0 Å². The number of hydrogen-bond donors (Lipinski definition) is 3. The molecular formula is C10H19N3O2. The number of nitrogens with one attached hydrogen (secondary N) is 3. The molecule has 0 aromatic carbocycles. The maximum absolute atomic E-state index is 11.5. The topological polar surface area (TPSA) is 70.2 Å². The molecule has 0 aliphatic carbocycles. The lowest BCUT2D eigenvalue weighted by molar-refractivity contribution is -0.125. The fraction of sp³-hybridized carbons (Fsp3) is 0.800. The van der Waals surface area contributed by atoms with Crippen LogP contribution in [0.25, 0.3) is 0 Å². The molecule has 0 unspecified atom stereocenters. The molecular weight excluding hydrogens is 194 g/mol. The summed E-state index contributed by atoms with van der Waals surface area (Å²) in [6.45, 7) is 4.57. The normalized spacial score (nSPS) is 20.1. The minimum atomic E-state index is -0.309. The van der Waals surface area contributed by atoms with Gasteiger partial charge < -0.3 is 16.0 Å². The smallest absolute Gasteiger partial charge is 0.242 e. The van der Waals surface area contributed by atoms with Gasteiger partial charge in [-0.2, -0.15) is 0 Å². The van der Waals surface area contributed by atoms with E-state index < -0.39 is 0 Å². The van der Waals surface area contributed by atoms with Crippen molar-refractivity contribution in [1.82, 2.24) is 16.0 Å². The van der Waals surface area contributed by atoms with Crippen molar-refractivity contribution in [1.29, 1.82) is 0 Å². The fourth-order valence-corrected chi connectivity index (χ4v) is 1.54. The van der Waals surface area contributed by atoms with Crippen molar-refractivity contribution in [3.05, 3.63) is 0 Å². The van der Waals surface area contributed by atoms with Crippen molar-refractivity contribution in [2.75, 3.05) is 19.6 Å². The van der Waals surface area contributed by atoms with Crippen molar-refractivity contribution in [3.63, 3.8) is 0 Å². The van der Waals surface area contributed by atoms with Gasteiger partial charge in [-0.3, -0.25) is 9.59 Å². The summed E-state index contributed by atoms with van der Waals surface area (Å²) in [4.78, 5) is 22.3. The number of carbonyl (C=O) groups excluding carboxylic acids is 2. The number of carbonyl (C=O) groups is 2. The maximum Gasteiger partial charge on any atom is 0.242 e. The van der Waals surface area contributed by atoms with Gasteiger partial charge in [0.15, 0.2) is 0 Å². The molecule has 1 saturated heterocycles. The summed E-state index contributed by atoms with van der Waals surface area (Å²) in [5, 5.41) is 8.63. The second kappa shape index (κ2) is 6.40. The molecule has 15 heavy (non-hydrogen) atoms. The fourth-order valence-electron chi connectivity index (χ4n) is 1.54. The third kappa shape index (κ3) is 4.29. The van der Waals surface area contributed by atoms with E-state index >= 15 is 0 Å². The molecule has 1 rings (SSSR count). The Balaban J connectivity index is 2.06. The van der Waals surface area contributed by atoms with Gasteiger partial charge in [-0.05, 0) is 25.9 Å². The van der Waals surface area contributed by atoms with E-state index in [4.69, 9.17) is 0 Å². The van der Waals surface area contributed by atoms with Crippen molar-refractivity contribution in [2.24, 2.45) is 0 Å². The number of hydrogen-bond acceptors (Lipinski definition) is 3. The van der Waals surface area contributed by atoms with Gasteiger partial charge in [0, 0.05) is 13.0 Å². The Morgan fingerprint density at radius 1 is 1.53 bits per heavy atom. The van der Waals surface area contributed by atoms with E-state index in [0.29, 0.717) is 19.4 Å². The monoisotopic (exact) mass is 213 g/mol. The standard InChI is InChI=1S/C10H19N3O2/c1-2-11-6-3-7-12-10(15)8-4-5-9(14)13-8/h8,11H,2-7H2,1H3,(H,12,15)(H,13,14)/t8-/m0/s1. The molecule has 1 atom stereocenters. The lowest BCUT2D eigenvalue weighted by Gasteiger charge is -2.10. The van der Waals surface area contributed by atoms with Crippen LogP contribution in [-0.4, -0.2) is 37.5 Å². The van der Waals surface area contributed by atoms with Crippen LogP contribution in [0.1, 0.15) is 26.2 Å². The summed E-state index contributed by atoms with van der Waals surface area (Å²) in [6.07, 6.45) is 2.01. The molecule has 2 amide bonds. The zero-order valence-corrected chi connectivity index (χ0v) is 9.14. The summed E-state index contributed by atoms with van der Waals surface area (Å²) in [5.74, 6) is -0.0832. The Hall–Kier alpha value is -1.10. The lowest BCUT2D eigenvalue weighted by Crippen LogP contribution is -2.42. The Bertz CT molecular complexity index is 231. The average molecular weight is 213 g/mol. The van der Waals surface area contributed by atoms with Gasteiger partial charge in [0.2, 0.25) is 11.8 Å². The van der Waals surface area contributed by atoms with E-state index in [2.05, 4.69) is 16.0 Å². The Morgan fingerprint density at radius 2 is 2.33 bits per heavy atom. The second-order valence-electron chi connectivity index (χ2n) is 3.66. The lowest BCUT2D eigenvalue weighted by atomic mass is 10.2. The largest absolute Gasteiger partial charge is 0.354 e. The van der Waals surface area contributed by atoms with E-state index in [1.807, 2.05) is 6.92 Å². The first kappa shape index (κ1) is 12.0. The first-order chi connectivity index (χ1) is 7.24. The van der Waals surface area contributed by atoms with Crippen molar-refractivity contribution < 1.29 is 9.59 Å². The second-order valence-corrected chi connectivity index (χ2v) is 3.66. The molecule has 5 heteroatoms. The van der Waals surface area contributed by atoms with Crippen LogP contribution in [0.2, 0.25) is 0 Å². The third-order valence-corrected chi connectivity index (χ3v) is 2.39. The molecule has 86 valence electrons. The number of amides is 2. The zero-order valence-electron chi connectivity index (χ0n) is 9.14. The molecule has 1 fully saturated rings. The first-order valence-electron chi connectivity index (χ1n) is 5.52. The third-order valence-electron chi connectivity index (χ3n) is 2.39. The van der Waals surface area contributed by atoms with Crippen molar-refractivity contribution >= 4 is 11.8 Å². The van der Waals surface area contributed by atoms with Gasteiger partial charge in [0.25, 0.3) is 0 Å². The molecule has 3 N–H and O–H groups in total. The molecule has 1 aliphatic heterocycles. The molecule has 1 aliphatic rings. The zero-order chi connectivity index (χ0) is 11.1. The number of rotatable bonds is 6. The highest BCUT2D eigenvalue weighted by atomic mass is 16.2.